The van der Waals surface area contributed by atoms with Gasteiger partial charge in [0.1, 0.15) is 13.2 Å². The van der Waals surface area contributed by atoms with Gasteiger partial charge in [-0.2, -0.15) is 0 Å². The molecule has 0 fully saturated rings. The van der Waals surface area contributed by atoms with E-state index in [4.69, 9.17) is 9.47 Å². The number of rotatable bonds is 3. The first-order valence-corrected chi connectivity index (χ1v) is 7.63. The van der Waals surface area contributed by atoms with Gasteiger partial charge in [0.25, 0.3) is 0 Å². The van der Waals surface area contributed by atoms with Crippen LogP contribution in [0.15, 0.2) is 54.6 Å². The molecule has 0 saturated carbocycles. The van der Waals surface area contributed by atoms with Gasteiger partial charge in [-0.05, 0) is 22.9 Å². The van der Waals surface area contributed by atoms with Crippen LogP contribution in [0.1, 0.15) is 10.4 Å². The minimum atomic E-state index is -1.02. The number of fused-ring (bicyclic) bond motifs is 2. The summed E-state index contributed by atoms with van der Waals surface area (Å²) in [6, 6.07) is 17.1. The van der Waals surface area contributed by atoms with Crippen LogP contribution in [0.25, 0.3) is 10.8 Å². The fraction of sp³-hybridized carbons (Fsp3) is 0.105. The SMILES string of the molecule is O=C(O)c1cc2c(cc1Nc1ccc3ccccc3c1)OCCO2. The average Bonchev–Trinajstić information content (AvgIpc) is 2.61. The summed E-state index contributed by atoms with van der Waals surface area (Å²) in [4.78, 5) is 11.6. The Balaban J connectivity index is 1.75. The summed E-state index contributed by atoms with van der Waals surface area (Å²) in [7, 11) is 0. The van der Waals surface area contributed by atoms with Gasteiger partial charge in [0, 0.05) is 17.8 Å². The van der Waals surface area contributed by atoms with Gasteiger partial charge in [-0.15, -0.1) is 0 Å². The van der Waals surface area contributed by atoms with Crippen LogP contribution in [0, 0.1) is 0 Å². The van der Waals surface area contributed by atoms with Crippen LogP contribution in [0.3, 0.4) is 0 Å². The maximum Gasteiger partial charge on any atom is 0.337 e. The number of carboxylic acids is 1. The Morgan fingerprint density at radius 2 is 1.62 bits per heavy atom. The Bertz CT molecular complexity index is 936. The second-order valence-corrected chi connectivity index (χ2v) is 5.53. The zero-order valence-electron chi connectivity index (χ0n) is 12.8. The second-order valence-electron chi connectivity index (χ2n) is 5.53. The van der Waals surface area contributed by atoms with Gasteiger partial charge in [-0.25, -0.2) is 4.79 Å². The third-order valence-corrected chi connectivity index (χ3v) is 3.94. The van der Waals surface area contributed by atoms with Gasteiger partial charge in [0.05, 0.1) is 11.3 Å². The quantitative estimate of drug-likeness (QED) is 0.761. The summed E-state index contributed by atoms with van der Waals surface area (Å²) < 4.78 is 11.0. The molecule has 0 radical (unpaired) electrons. The van der Waals surface area contributed by atoms with Gasteiger partial charge in [0.15, 0.2) is 11.5 Å². The lowest BCUT2D eigenvalue weighted by atomic mass is 10.1. The zero-order chi connectivity index (χ0) is 16.5. The topological polar surface area (TPSA) is 67.8 Å². The van der Waals surface area contributed by atoms with E-state index < -0.39 is 5.97 Å². The van der Waals surface area contributed by atoms with Crippen molar-refractivity contribution in [2.45, 2.75) is 0 Å². The van der Waals surface area contributed by atoms with Crippen LogP contribution >= 0.6 is 0 Å². The van der Waals surface area contributed by atoms with Crippen molar-refractivity contribution in [1.29, 1.82) is 0 Å². The average molecular weight is 321 g/mol. The van der Waals surface area contributed by atoms with Crippen molar-refractivity contribution in [3.8, 4) is 11.5 Å². The van der Waals surface area contributed by atoms with E-state index in [9.17, 15) is 9.90 Å². The Morgan fingerprint density at radius 3 is 2.38 bits per heavy atom. The lowest BCUT2D eigenvalue weighted by molar-refractivity contribution is 0.0697. The zero-order valence-corrected chi connectivity index (χ0v) is 12.8. The largest absolute Gasteiger partial charge is 0.486 e. The van der Waals surface area contributed by atoms with E-state index in [1.807, 2.05) is 42.5 Å². The monoisotopic (exact) mass is 321 g/mol. The third kappa shape index (κ3) is 2.60. The standard InChI is InChI=1S/C19H15NO4/c21-19(22)15-10-17-18(24-8-7-23-17)11-16(15)20-14-6-5-12-3-1-2-4-13(12)9-14/h1-6,9-11,20H,7-8H2,(H,21,22). The van der Waals surface area contributed by atoms with Gasteiger partial charge in [-0.1, -0.05) is 30.3 Å². The molecule has 0 aliphatic carbocycles. The van der Waals surface area contributed by atoms with E-state index in [1.54, 1.807) is 6.07 Å². The summed E-state index contributed by atoms with van der Waals surface area (Å²) in [5.41, 5.74) is 1.43. The predicted octanol–water partition coefficient (Wildman–Crippen LogP) is 4.05. The number of hydrogen-bond donors (Lipinski definition) is 2. The molecule has 5 nitrogen and oxygen atoms in total. The third-order valence-electron chi connectivity index (χ3n) is 3.94. The molecule has 0 bridgehead atoms. The Morgan fingerprint density at radius 1 is 0.917 bits per heavy atom. The number of anilines is 2. The molecule has 0 spiro atoms. The highest BCUT2D eigenvalue weighted by Gasteiger charge is 2.19. The first-order chi connectivity index (χ1) is 11.7. The Kier molecular flexibility index (Phi) is 3.46. The lowest BCUT2D eigenvalue weighted by Crippen LogP contribution is -2.16. The highest BCUT2D eigenvalue weighted by molar-refractivity contribution is 5.97. The van der Waals surface area contributed by atoms with Crippen LogP contribution in [0.2, 0.25) is 0 Å². The first kappa shape index (κ1) is 14.4. The van der Waals surface area contributed by atoms with E-state index in [1.165, 1.54) is 6.07 Å². The number of hydrogen-bond acceptors (Lipinski definition) is 4. The minimum absolute atomic E-state index is 0.146. The van der Waals surface area contributed by atoms with E-state index in [0.717, 1.165) is 16.5 Å². The molecule has 0 saturated heterocycles. The maximum atomic E-state index is 11.6. The fourth-order valence-electron chi connectivity index (χ4n) is 2.79. The highest BCUT2D eigenvalue weighted by Crippen LogP contribution is 2.37. The summed E-state index contributed by atoms with van der Waals surface area (Å²) in [5.74, 6) is -0.00693. The highest BCUT2D eigenvalue weighted by atomic mass is 16.6. The molecule has 1 heterocycles. The van der Waals surface area contributed by atoms with Crippen molar-refractivity contribution in [1.82, 2.24) is 0 Å². The first-order valence-electron chi connectivity index (χ1n) is 7.63. The van der Waals surface area contributed by atoms with Gasteiger partial charge in [0.2, 0.25) is 0 Å². The summed E-state index contributed by atoms with van der Waals surface area (Å²) >= 11 is 0. The molecule has 0 amide bonds. The second kappa shape index (κ2) is 5.77. The molecule has 2 N–H and O–H groups in total. The predicted molar refractivity (Wildman–Crippen MR) is 91.6 cm³/mol. The van der Waals surface area contributed by atoms with Gasteiger partial charge >= 0.3 is 5.97 Å². The van der Waals surface area contributed by atoms with Crippen molar-refractivity contribution < 1.29 is 19.4 Å². The molecule has 0 aromatic heterocycles. The summed E-state index contributed by atoms with van der Waals surface area (Å²) in [5, 5.41) is 14.9. The number of carbonyl (C=O) groups is 1. The molecule has 1 aliphatic heterocycles. The molecule has 1 aliphatic rings. The smallest absolute Gasteiger partial charge is 0.337 e. The van der Waals surface area contributed by atoms with Gasteiger partial charge < -0.3 is 19.9 Å². The van der Waals surface area contributed by atoms with Crippen molar-refractivity contribution in [2.75, 3.05) is 18.5 Å². The molecule has 0 unspecified atom stereocenters. The van der Waals surface area contributed by atoms with Crippen molar-refractivity contribution in [2.24, 2.45) is 0 Å². The fourth-order valence-corrected chi connectivity index (χ4v) is 2.79. The Labute approximate surface area is 138 Å². The molecular weight excluding hydrogens is 306 g/mol. The van der Waals surface area contributed by atoms with Crippen LogP contribution in [-0.4, -0.2) is 24.3 Å². The molecule has 120 valence electrons. The number of aromatic carboxylic acids is 1. The van der Waals surface area contributed by atoms with E-state index in [0.29, 0.717) is 30.4 Å². The van der Waals surface area contributed by atoms with E-state index >= 15 is 0 Å². The Hall–Kier alpha value is -3.21. The van der Waals surface area contributed by atoms with Gasteiger partial charge in [-0.3, -0.25) is 0 Å². The molecular formula is C19H15NO4. The number of carboxylic acid groups (broad SMARTS) is 1. The molecule has 3 aromatic rings. The van der Waals surface area contributed by atoms with Crippen molar-refractivity contribution in [3.05, 3.63) is 60.2 Å². The molecule has 0 atom stereocenters. The molecule has 3 aromatic carbocycles. The molecule has 24 heavy (non-hydrogen) atoms. The van der Waals surface area contributed by atoms with Crippen LogP contribution in [0.4, 0.5) is 11.4 Å². The van der Waals surface area contributed by atoms with E-state index in [-0.39, 0.29) is 5.56 Å². The van der Waals surface area contributed by atoms with Crippen molar-refractivity contribution >= 4 is 28.1 Å². The number of benzene rings is 3. The molecule has 4 rings (SSSR count). The van der Waals surface area contributed by atoms with E-state index in [2.05, 4.69) is 5.32 Å². The minimum Gasteiger partial charge on any atom is -0.486 e. The number of ether oxygens (including phenoxy) is 2. The van der Waals surface area contributed by atoms with Crippen LogP contribution in [0.5, 0.6) is 11.5 Å². The normalized spacial score (nSPS) is 12.8. The number of nitrogens with one attached hydrogen (secondary N) is 1. The lowest BCUT2D eigenvalue weighted by Gasteiger charge is -2.20. The maximum absolute atomic E-state index is 11.6. The summed E-state index contributed by atoms with van der Waals surface area (Å²) in [6.07, 6.45) is 0. The molecule has 5 heteroatoms. The van der Waals surface area contributed by atoms with Crippen LogP contribution < -0.4 is 14.8 Å². The summed E-state index contributed by atoms with van der Waals surface area (Å²) in [6.45, 7) is 0.873. The van der Waals surface area contributed by atoms with Crippen molar-refractivity contribution in [3.63, 3.8) is 0 Å². The van der Waals surface area contributed by atoms with Crippen LogP contribution in [-0.2, 0) is 0 Å².